The maximum absolute atomic E-state index is 11.7. The molecule has 1 saturated heterocycles. The lowest BCUT2D eigenvalue weighted by molar-refractivity contribution is -0.385. The maximum atomic E-state index is 11.7. The molecule has 1 aliphatic heterocycles. The first-order valence-electron chi connectivity index (χ1n) is 10.7. The molecule has 9 nitrogen and oxygen atoms in total. The second-order valence-corrected chi connectivity index (χ2v) is 7.61. The van der Waals surface area contributed by atoms with Gasteiger partial charge in [-0.05, 0) is 31.7 Å². The number of nitrogens with zero attached hydrogens (tertiary/aromatic N) is 3. The quantitative estimate of drug-likeness (QED) is 0.293. The summed E-state index contributed by atoms with van der Waals surface area (Å²) in [6.45, 7) is 3.16. The monoisotopic (exact) mass is 438 g/mol. The van der Waals surface area contributed by atoms with Gasteiger partial charge in [0.15, 0.2) is 12.0 Å². The number of aromatic nitrogens is 2. The average Bonchev–Trinajstić information content (AvgIpc) is 2.82. The summed E-state index contributed by atoms with van der Waals surface area (Å²) in [5, 5.41) is 15.6. The molecule has 9 heteroatoms. The van der Waals surface area contributed by atoms with E-state index in [1.165, 1.54) is 12.4 Å². The average molecular weight is 438 g/mol. The first kappa shape index (κ1) is 21.9. The SMILES string of the molecule is C[C@@H](Nc1ncnc2cc(OCCOC3CCCCO3)c([N+](=O)[O-])cc12)c1ccccc1. The summed E-state index contributed by atoms with van der Waals surface area (Å²) < 4.78 is 16.8. The lowest BCUT2D eigenvalue weighted by atomic mass is 10.1. The van der Waals surface area contributed by atoms with Crippen LogP contribution in [0.4, 0.5) is 11.5 Å². The summed E-state index contributed by atoms with van der Waals surface area (Å²) in [6.07, 6.45) is 4.17. The Bertz CT molecular complexity index is 1060. The van der Waals surface area contributed by atoms with Crippen LogP contribution in [0.2, 0.25) is 0 Å². The van der Waals surface area contributed by atoms with Crippen molar-refractivity contribution in [2.45, 2.75) is 38.5 Å². The van der Waals surface area contributed by atoms with Gasteiger partial charge in [-0.2, -0.15) is 0 Å². The van der Waals surface area contributed by atoms with Crippen LogP contribution in [-0.2, 0) is 9.47 Å². The summed E-state index contributed by atoms with van der Waals surface area (Å²) in [5.41, 5.74) is 1.49. The molecule has 2 atom stereocenters. The Labute approximate surface area is 185 Å². The van der Waals surface area contributed by atoms with Crippen molar-refractivity contribution in [2.24, 2.45) is 0 Å². The van der Waals surface area contributed by atoms with E-state index < -0.39 is 4.92 Å². The van der Waals surface area contributed by atoms with Crippen LogP contribution in [0.1, 0.15) is 37.8 Å². The third kappa shape index (κ3) is 5.30. The molecular weight excluding hydrogens is 412 g/mol. The highest BCUT2D eigenvalue weighted by Gasteiger charge is 2.20. The second-order valence-electron chi connectivity index (χ2n) is 7.61. The fourth-order valence-corrected chi connectivity index (χ4v) is 3.65. The summed E-state index contributed by atoms with van der Waals surface area (Å²) >= 11 is 0. The number of ether oxygens (including phenoxy) is 3. The lowest BCUT2D eigenvalue weighted by Crippen LogP contribution is -2.24. The molecule has 2 heterocycles. The van der Waals surface area contributed by atoms with E-state index in [1.54, 1.807) is 6.07 Å². The van der Waals surface area contributed by atoms with Gasteiger partial charge in [-0.25, -0.2) is 9.97 Å². The standard InChI is InChI=1S/C23H26N4O5/c1-16(17-7-3-2-4-8-17)26-23-18-13-20(27(28)29)21(14-19(18)24-15-25-23)30-11-12-32-22-9-5-6-10-31-22/h2-4,7-8,13-16,22H,5-6,9-12H2,1H3,(H,24,25,26)/t16-,22?/m1/s1. The lowest BCUT2D eigenvalue weighted by Gasteiger charge is -2.22. The van der Waals surface area contributed by atoms with Gasteiger partial charge in [-0.1, -0.05) is 30.3 Å². The Hall–Kier alpha value is -3.30. The van der Waals surface area contributed by atoms with Crippen LogP contribution in [0.15, 0.2) is 48.8 Å². The van der Waals surface area contributed by atoms with Crippen molar-refractivity contribution in [3.8, 4) is 5.75 Å². The summed E-state index contributed by atoms with van der Waals surface area (Å²) in [6, 6.07) is 12.9. The molecule has 0 radical (unpaired) electrons. The molecule has 4 rings (SSSR count). The van der Waals surface area contributed by atoms with E-state index in [2.05, 4.69) is 15.3 Å². The number of rotatable bonds is 9. The number of benzene rings is 2. The number of nitrogens with one attached hydrogen (secondary N) is 1. The van der Waals surface area contributed by atoms with E-state index in [0.29, 0.717) is 23.3 Å². The molecule has 1 N–H and O–H groups in total. The molecule has 0 bridgehead atoms. The molecule has 1 unspecified atom stereocenters. The zero-order chi connectivity index (χ0) is 22.3. The number of hydrogen-bond acceptors (Lipinski definition) is 8. The Balaban J connectivity index is 1.50. The van der Waals surface area contributed by atoms with Gasteiger partial charge in [0, 0.05) is 30.2 Å². The van der Waals surface area contributed by atoms with E-state index in [9.17, 15) is 10.1 Å². The van der Waals surface area contributed by atoms with Gasteiger partial charge in [0.2, 0.25) is 0 Å². The molecular formula is C23H26N4O5. The maximum Gasteiger partial charge on any atom is 0.311 e. The van der Waals surface area contributed by atoms with Crippen molar-refractivity contribution >= 4 is 22.4 Å². The largest absolute Gasteiger partial charge is 0.484 e. The Kier molecular flexibility index (Phi) is 7.08. The van der Waals surface area contributed by atoms with Crippen molar-refractivity contribution in [2.75, 3.05) is 25.1 Å². The van der Waals surface area contributed by atoms with Crippen molar-refractivity contribution < 1.29 is 19.1 Å². The minimum Gasteiger partial charge on any atom is -0.484 e. The number of anilines is 1. The van der Waals surface area contributed by atoms with E-state index in [1.807, 2.05) is 37.3 Å². The number of hydrogen-bond donors (Lipinski definition) is 1. The van der Waals surface area contributed by atoms with Crippen LogP contribution in [0.5, 0.6) is 5.75 Å². The summed E-state index contributed by atoms with van der Waals surface area (Å²) in [5.74, 6) is 0.676. The highest BCUT2D eigenvalue weighted by atomic mass is 16.7. The molecule has 0 amide bonds. The van der Waals surface area contributed by atoms with Crippen LogP contribution in [-0.4, -0.2) is 41.0 Å². The van der Waals surface area contributed by atoms with Crippen molar-refractivity contribution in [3.05, 3.63) is 64.5 Å². The van der Waals surface area contributed by atoms with Crippen LogP contribution in [0.3, 0.4) is 0 Å². The van der Waals surface area contributed by atoms with E-state index in [-0.39, 0.29) is 37.0 Å². The zero-order valence-corrected chi connectivity index (χ0v) is 17.9. The Morgan fingerprint density at radius 2 is 2.06 bits per heavy atom. The normalized spacial score (nSPS) is 17.1. The molecule has 32 heavy (non-hydrogen) atoms. The molecule has 2 aromatic carbocycles. The van der Waals surface area contributed by atoms with Crippen molar-refractivity contribution in [1.29, 1.82) is 0 Å². The Morgan fingerprint density at radius 3 is 2.81 bits per heavy atom. The van der Waals surface area contributed by atoms with E-state index in [0.717, 1.165) is 24.8 Å². The van der Waals surface area contributed by atoms with Gasteiger partial charge in [0.1, 0.15) is 18.8 Å². The van der Waals surface area contributed by atoms with Crippen LogP contribution >= 0.6 is 0 Å². The second kappa shape index (κ2) is 10.3. The third-order valence-corrected chi connectivity index (χ3v) is 5.35. The minimum absolute atomic E-state index is 0.0385. The third-order valence-electron chi connectivity index (χ3n) is 5.35. The first-order chi connectivity index (χ1) is 15.6. The molecule has 1 fully saturated rings. The summed E-state index contributed by atoms with van der Waals surface area (Å²) in [4.78, 5) is 19.8. The number of nitro benzene ring substituents is 1. The van der Waals surface area contributed by atoms with Gasteiger partial charge in [-0.3, -0.25) is 10.1 Å². The van der Waals surface area contributed by atoms with Crippen LogP contribution in [0.25, 0.3) is 10.9 Å². The molecule has 3 aromatic rings. The van der Waals surface area contributed by atoms with Gasteiger partial charge in [-0.15, -0.1) is 0 Å². The van der Waals surface area contributed by atoms with Gasteiger partial charge in [0.25, 0.3) is 0 Å². The first-order valence-corrected chi connectivity index (χ1v) is 10.7. The van der Waals surface area contributed by atoms with Gasteiger partial charge < -0.3 is 19.5 Å². The predicted octanol–water partition coefficient (Wildman–Crippen LogP) is 4.63. The smallest absolute Gasteiger partial charge is 0.311 e. The molecule has 0 spiro atoms. The molecule has 0 aliphatic carbocycles. The molecule has 1 aromatic heterocycles. The molecule has 168 valence electrons. The molecule has 0 saturated carbocycles. The van der Waals surface area contributed by atoms with Crippen LogP contribution in [0, 0.1) is 10.1 Å². The number of fused-ring (bicyclic) bond motifs is 1. The van der Waals surface area contributed by atoms with Gasteiger partial charge >= 0.3 is 5.69 Å². The number of nitro groups is 1. The fourth-order valence-electron chi connectivity index (χ4n) is 3.65. The Morgan fingerprint density at radius 1 is 1.22 bits per heavy atom. The van der Waals surface area contributed by atoms with Crippen LogP contribution < -0.4 is 10.1 Å². The van der Waals surface area contributed by atoms with Crippen molar-refractivity contribution in [3.63, 3.8) is 0 Å². The van der Waals surface area contributed by atoms with Gasteiger partial charge in [0.05, 0.1) is 17.0 Å². The minimum atomic E-state index is -0.461. The fraction of sp³-hybridized carbons (Fsp3) is 0.391. The highest BCUT2D eigenvalue weighted by Crippen LogP contribution is 2.34. The predicted molar refractivity (Wildman–Crippen MR) is 120 cm³/mol. The van der Waals surface area contributed by atoms with Crippen molar-refractivity contribution in [1.82, 2.24) is 9.97 Å². The highest BCUT2D eigenvalue weighted by molar-refractivity contribution is 5.92. The zero-order valence-electron chi connectivity index (χ0n) is 17.9. The topological polar surface area (TPSA) is 109 Å². The summed E-state index contributed by atoms with van der Waals surface area (Å²) in [7, 11) is 0. The van der Waals surface area contributed by atoms with E-state index >= 15 is 0 Å². The molecule has 1 aliphatic rings. The van der Waals surface area contributed by atoms with E-state index in [4.69, 9.17) is 14.2 Å².